The Hall–Kier alpha value is -0.890. The first-order valence-corrected chi connectivity index (χ1v) is 6.88. The molecule has 0 spiro atoms. The third-order valence-corrected chi connectivity index (χ3v) is 4.46. The number of rotatable bonds is 1. The molecule has 1 aliphatic rings. The highest BCUT2D eigenvalue weighted by Crippen LogP contribution is 2.41. The summed E-state index contributed by atoms with van der Waals surface area (Å²) in [4.78, 5) is 0. The van der Waals surface area contributed by atoms with Gasteiger partial charge in [0, 0.05) is 5.54 Å². The molecular weight excluding hydrogens is 225 g/mol. The van der Waals surface area contributed by atoms with Crippen molar-refractivity contribution in [3.63, 3.8) is 0 Å². The van der Waals surface area contributed by atoms with Gasteiger partial charge in [-0.2, -0.15) is 0 Å². The Balaban J connectivity index is 2.27. The van der Waals surface area contributed by atoms with Gasteiger partial charge in [0.05, 0.1) is 0 Å². The molecule has 1 nitrogen and oxygen atoms in total. The van der Waals surface area contributed by atoms with Crippen molar-refractivity contribution >= 4 is 0 Å². The maximum atomic E-state index is 13.4. The van der Waals surface area contributed by atoms with Gasteiger partial charge in [-0.3, -0.25) is 0 Å². The lowest BCUT2D eigenvalue weighted by Gasteiger charge is -2.30. The quantitative estimate of drug-likeness (QED) is 0.739. The number of hydrogen-bond acceptors (Lipinski definition) is 1. The van der Waals surface area contributed by atoms with Crippen LogP contribution in [0.1, 0.15) is 57.1 Å². The molecule has 1 unspecified atom stereocenters. The first-order valence-electron chi connectivity index (χ1n) is 6.88. The molecule has 2 N–H and O–H groups in total. The molecule has 0 amide bonds. The number of aryl methyl sites for hydroxylation is 1. The fraction of sp³-hybridized carbons (Fsp3) is 0.625. The average molecular weight is 249 g/mol. The van der Waals surface area contributed by atoms with E-state index in [0.717, 1.165) is 31.2 Å². The highest BCUT2D eigenvalue weighted by atomic mass is 19.1. The third-order valence-electron chi connectivity index (χ3n) is 4.46. The molecule has 18 heavy (non-hydrogen) atoms. The molecule has 0 aromatic heterocycles. The Morgan fingerprint density at radius 1 is 1.11 bits per heavy atom. The standard InChI is InChI=1S/C16H24FN/c1-12-11-13(5-6-14(12)17)16(18)8-4-7-15(2,3)9-10-16/h5-6,11H,4,7-10,18H2,1-3H3. The molecule has 0 aliphatic heterocycles. The zero-order valence-corrected chi connectivity index (χ0v) is 11.7. The van der Waals surface area contributed by atoms with Crippen LogP contribution in [0.4, 0.5) is 4.39 Å². The van der Waals surface area contributed by atoms with Crippen molar-refractivity contribution in [1.82, 2.24) is 0 Å². The van der Waals surface area contributed by atoms with Gasteiger partial charge >= 0.3 is 0 Å². The van der Waals surface area contributed by atoms with Crippen molar-refractivity contribution in [2.45, 2.75) is 58.4 Å². The molecule has 1 aromatic rings. The molecule has 0 heterocycles. The second-order valence-electron chi connectivity index (χ2n) is 6.64. The number of hydrogen-bond donors (Lipinski definition) is 1. The monoisotopic (exact) mass is 249 g/mol. The van der Waals surface area contributed by atoms with Crippen LogP contribution in [0.25, 0.3) is 0 Å². The Morgan fingerprint density at radius 3 is 2.50 bits per heavy atom. The fourth-order valence-electron chi connectivity index (χ4n) is 2.94. The highest BCUT2D eigenvalue weighted by Gasteiger charge is 2.33. The summed E-state index contributed by atoms with van der Waals surface area (Å²) in [6, 6.07) is 5.34. The van der Waals surface area contributed by atoms with Gasteiger partial charge in [-0.15, -0.1) is 0 Å². The predicted molar refractivity (Wildman–Crippen MR) is 73.9 cm³/mol. The van der Waals surface area contributed by atoms with Crippen molar-refractivity contribution in [1.29, 1.82) is 0 Å². The Labute approximate surface area is 110 Å². The van der Waals surface area contributed by atoms with Crippen LogP contribution in [0, 0.1) is 18.2 Å². The summed E-state index contributed by atoms with van der Waals surface area (Å²) in [6.45, 7) is 6.44. The van der Waals surface area contributed by atoms with Gasteiger partial charge in [-0.1, -0.05) is 32.4 Å². The maximum Gasteiger partial charge on any atom is 0.126 e. The normalized spacial score (nSPS) is 27.8. The number of halogens is 1. The van der Waals surface area contributed by atoms with Gasteiger partial charge < -0.3 is 5.73 Å². The van der Waals surface area contributed by atoms with E-state index in [-0.39, 0.29) is 11.4 Å². The van der Waals surface area contributed by atoms with E-state index in [4.69, 9.17) is 5.73 Å². The lowest BCUT2D eigenvalue weighted by atomic mass is 9.81. The molecule has 1 fully saturated rings. The minimum absolute atomic E-state index is 0.142. The predicted octanol–water partition coefficient (Wildman–Crippen LogP) is 4.28. The fourth-order valence-corrected chi connectivity index (χ4v) is 2.94. The smallest absolute Gasteiger partial charge is 0.126 e. The van der Waals surface area contributed by atoms with E-state index in [1.54, 1.807) is 6.07 Å². The van der Waals surface area contributed by atoms with Crippen molar-refractivity contribution in [2.24, 2.45) is 11.1 Å². The second-order valence-corrected chi connectivity index (χ2v) is 6.64. The molecule has 0 saturated heterocycles. The van der Waals surface area contributed by atoms with Gasteiger partial charge in [0.15, 0.2) is 0 Å². The van der Waals surface area contributed by atoms with E-state index in [9.17, 15) is 4.39 Å². The van der Waals surface area contributed by atoms with Gasteiger partial charge in [-0.25, -0.2) is 4.39 Å². The van der Waals surface area contributed by atoms with Gasteiger partial charge in [-0.05, 0) is 55.2 Å². The van der Waals surface area contributed by atoms with Gasteiger partial charge in [0.2, 0.25) is 0 Å². The summed E-state index contributed by atoms with van der Waals surface area (Å²) in [5.74, 6) is -0.142. The third kappa shape index (κ3) is 2.74. The topological polar surface area (TPSA) is 26.0 Å². The zero-order chi connectivity index (χ0) is 13.4. The lowest BCUT2D eigenvalue weighted by molar-refractivity contribution is 0.299. The van der Waals surface area contributed by atoms with Crippen molar-refractivity contribution in [3.05, 3.63) is 35.1 Å². The average Bonchev–Trinajstić information content (AvgIpc) is 2.43. The summed E-state index contributed by atoms with van der Waals surface area (Å²) in [5, 5.41) is 0. The number of benzene rings is 1. The van der Waals surface area contributed by atoms with Crippen LogP contribution < -0.4 is 5.73 Å². The van der Waals surface area contributed by atoms with Crippen molar-refractivity contribution in [2.75, 3.05) is 0 Å². The van der Waals surface area contributed by atoms with E-state index in [2.05, 4.69) is 13.8 Å². The summed E-state index contributed by atoms with van der Waals surface area (Å²) in [6.07, 6.45) is 5.51. The molecule has 100 valence electrons. The Bertz CT molecular complexity index is 439. The molecule has 0 radical (unpaired) electrons. The van der Waals surface area contributed by atoms with E-state index in [0.29, 0.717) is 11.0 Å². The Kier molecular flexibility index (Phi) is 3.50. The second kappa shape index (κ2) is 4.65. The van der Waals surface area contributed by atoms with Crippen LogP contribution >= 0.6 is 0 Å². The molecule has 1 aromatic carbocycles. The first-order chi connectivity index (χ1) is 8.32. The summed E-state index contributed by atoms with van der Waals surface area (Å²) < 4.78 is 13.4. The Morgan fingerprint density at radius 2 is 1.83 bits per heavy atom. The summed E-state index contributed by atoms with van der Waals surface area (Å²) in [7, 11) is 0. The molecule has 1 aliphatic carbocycles. The van der Waals surface area contributed by atoms with Crippen LogP contribution in [0.3, 0.4) is 0 Å². The lowest BCUT2D eigenvalue weighted by Crippen LogP contribution is -2.36. The zero-order valence-electron chi connectivity index (χ0n) is 11.7. The highest BCUT2D eigenvalue weighted by molar-refractivity contribution is 5.30. The minimum atomic E-state index is -0.272. The molecule has 1 saturated carbocycles. The molecule has 0 bridgehead atoms. The molecule has 2 rings (SSSR count). The van der Waals surface area contributed by atoms with Crippen LogP contribution in [0.2, 0.25) is 0 Å². The van der Waals surface area contributed by atoms with E-state index in [1.807, 2.05) is 19.1 Å². The molecule has 1 atom stereocenters. The van der Waals surface area contributed by atoms with Crippen LogP contribution in [-0.2, 0) is 5.54 Å². The van der Waals surface area contributed by atoms with E-state index in [1.165, 1.54) is 6.42 Å². The van der Waals surface area contributed by atoms with E-state index < -0.39 is 0 Å². The summed E-state index contributed by atoms with van der Waals surface area (Å²) >= 11 is 0. The summed E-state index contributed by atoms with van der Waals surface area (Å²) in [5.41, 5.74) is 8.50. The SMILES string of the molecule is Cc1cc(C2(N)CCCC(C)(C)CC2)ccc1F. The first kappa shape index (κ1) is 13.5. The number of nitrogens with two attached hydrogens (primary N) is 1. The molecular formula is C16H24FN. The van der Waals surface area contributed by atoms with Crippen molar-refractivity contribution in [3.8, 4) is 0 Å². The van der Waals surface area contributed by atoms with Crippen LogP contribution in [0.15, 0.2) is 18.2 Å². The van der Waals surface area contributed by atoms with Gasteiger partial charge in [0.25, 0.3) is 0 Å². The largest absolute Gasteiger partial charge is 0.321 e. The van der Waals surface area contributed by atoms with E-state index >= 15 is 0 Å². The van der Waals surface area contributed by atoms with Crippen LogP contribution in [0.5, 0.6) is 0 Å². The van der Waals surface area contributed by atoms with Crippen molar-refractivity contribution < 1.29 is 4.39 Å². The van der Waals surface area contributed by atoms with Gasteiger partial charge in [0.1, 0.15) is 5.82 Å². The molecule has 2 heteroatoms. The minimum Gasteiger partial charge on any atom is -0.321 e. The van der Waals surface area contributed by atoms with Crippen LogP contribution in [-0.4, -0.2) is 0 Å². The maximum absolute atomic E-state index is 13.4.